The third-order valence-electron chi connectivity index (χ3n) is 8.12. The Labute approximate surface area is 173 Å². The molecule has 2 fully saturated rings. The van der Waals surface area contributed by atoms with Crippen molar-refractivity contribution < 1.29 is 19.1 Å². The van der Waals surface area contributed by atoms with Gasteiger partial charge in [-0.05, 0) is 78.5 Å². The first-order valence-electron chi connectivity index (χ1n) is 10.8. The number of aryl methyl sites for hydroxylation is 1. The molecule has 6 atom stereocenters. The highest BCUT2D eigenvalue weighted by Gasteiger charge is 2.60. The molecule has 0 bridgehead atoms. The maximum Gasteiger partial charge on any atom is 0.302 e. The molecule has 3 aliphatic carbocycles. The normalized spacial score (nSPS) is 35.1. The molecule has 1 aromatic carbocycles. The molecule has 3 aliphatic rings. The van der Waals surface area contributed by atoms with Gasteiger partial charge in [-0.2, -0.15) is 0 Å². The van der Waals surface area contributed by atoms with Gasteiger partial charge in [-0.25, -0.2) is 0 Å². The molecule has 1 amide bonds. The SMILES string of the molecule is COc1ccc2c(c1)CC[C@@H]1[C@@H]2CC[C@@]2(C)[C@H]1C[C@@H](OC(C)=O)[C@H]2N(C)C(C)=O. The van der Waals surface area contributed by atoms with Gasteiger partial charge in [-0.1, -0.05) is 13.0 Å². The van der Waals surface area contributed by atoms with Crippen molar-refractivity contribution in [3.63, 3.8) is 0 Å². The van der Waals surface area contributed by atoms with Gasteiger partial charge in [-0.15, -0.1) is 0 Å². The Morgan fingerprint density at radius 1 is 1.21 bits per heavy atom. The number of likely N-dealkylation sites (N-methyl/N-ethyl adjacent to an activating group) is 1. The summed E-state index contributed by atoms with van der Waals surface area (Å²) in [4.78, 5) is 25.9. The van der Waals surface area contributed by atoms with Gasteiger partial charge in [-0.3, -0.25) is 9.59 Å². The van der Waals surface area contributed by atoms with E-state index in [0.717, 1.165) is 37.9 Å². The van der Waals surface area contributed by atoms with E-state index >= 15 is 0 Å². The van der Waals surface area contributed by atoms with Crippen LogP contribution in [0.3, 0.4) is 0 Å². The number of hydrogen-bond donors (Lipinski definition) is 0. The van der Waals surface area contributed by atoms with Crippen LogP contribution in [0.5, 0.6) is 5.75 Å². The van der Waals surface area contributed by atoms with E-state index < -0.39 is 0 Å². The fraction of sp³-hybridized carbons (Fsp3) is 0.667. The number of carbonyl (C=O) groups is 2. The van der Waals surface area contributed by atoms with E-state index in [1.54, 1.807) is 14.0 Å². The van der Waals surface area contributed by atoms with Crippen LogP contribution in [0.25, 0.3) is 0 Å². The van der Waals surface area contributed by atoms with Crippen molar-refractivity contribution in [1.29, 1.82) is 0 Å². The average Bonchev–Trinajstić information content (AvgIpc) is 2.97. The van der Waals surface area contributed by atoms with Crippen LogP contribution in [-0.2, 0) is 20.7 Å². The fourth-order valence-electron chi connectivity index (χ4n) is 6.86. The molecule has 1 aromatic rings. The Kier molecular flexibility index (Phi) is 5.12. The lowest BCUT2D eigenvalue weighted by Gasteiger charge is -2.52. The largest absolute Gasteiger partial charge is 0.497 e. The monoisotopic (exact) mass is 399 g/mol. The lowest BCUT2D eigenvalue weighted by Crippen LogP contribution is -2.53. The number of ether oxygens (including phenoxy) is 2. The van der Waals surface area contributed by atoms with E-state index in [4.69, 9.17) is 9.47 Å². The number of methoxy groups -OCH3 is 1. The Morgan fingerprint density at radius 2 is 1.97 bits per heavy atom. The third-order valence-corrected chi connectivity index (χ3v) is 8.12. The number of fused-ring (bicyclic) bond motifs is 5. The average molecular weight is 400 g/mol. The smallest absolute Gasteiger partial charge is 0.302 e. The standard InChI is InChI=1S/C24H33NO4/c1-14(26)25(4)23-22(29-15(2)27)13-21-20-8-6-16-12-17(28-5)7-9-18(16)19(20)10-11-24(21,23)3/h7,9,12,19-23H,6,8,10-11,13H2,1-5H3/t19-,20-,21+,22-,23-,24+/m1/s1. The van der Waals surface area contributed by atoms with Gasteiger partial charge in [0.25, 0.3) is 0 Å². The summed E-state index contributed by atoms with van der Waals surface area (Å²) in [5, 5.41) is 0. The molecule has 5 heteroatoms. The minimum Gasteiger partial charge on any atom is -0.497 e. The maximum atomic E-state index is 12.3. The minimum atomic E-state index is -0.253. The van der Waals surface area contributed by atoms with Gasteiger partial charge in [0, 0.05) is 20.9 Å². The van der Waals surface area contributed by atoms with Gasteiger partial charge in [0.05, 0.1) is 13.2 Å². The van der Waals surface area contributed by atoms with Gasteiger partial charge >= 0.3 is 5.97 Å². The third kappa shape index (κ3) is 3.23. The van der Waals surface area contributed by atoms with Crippen molar-refractivity contribution in [1.82, 2.24) is 4.90 Å². The number of amides is 1. The zero-order valence-electron chi connectivity index (χ0n) is 18.2. The van der Waals surface area contributed by atoms with Crippen molar-refractivity contribution >= 4 is 11.9 Å². The molecule has 0 N–H and O–H groups in total. The molecule has 0 unspecified atom stereocenters. The molecule has 2 saturated carbocycles. The highest BCUT2D eigenvalue weighted by molar-refractivity contribution is 5.73. The van der Waals surface area contributed by atoms with Gasteiger partial charge in [0.2, 0.25) is 5.91 Å². The summed E-state index contributed by atoms with van der Waals surface area (Å²) in [6, 6.07) is 6.48. The molecule has 0 heterocycles. The highest BCUT2D eigenvalue weighted by Crippen LogP contribution is 2.62. The molecule has 0 radical (unpaired) electrons. The van der Waals surface area contributed by atoms with Crippen LogP contribution in [0.1, 0.15) is 63.5 Å². The summed E-state index contributed by atoms with van der Waals surface area (Å²) in [5.74, 6) is 2.28. The van der Waals surface area contributed by atoms with Crippen LogP contribution in [0.2, 0.25) is 0 Å². The summed E-state index contributed by atoms with van der Waals surface area (Å²) in [6.45, 7) is 5.41. The molecular formula is C24H33NO4. The summed E-state index contributed by atoms with van der Waals surface area (Å²) in [5.41, 5.74) is 2.86. The zero-order chi connectivity index (χ0) is 20.9. The summed E-state index contributed by atoms with van der Waals surface area (Å²) >= 11 is 0. The predicted octanol–water partition coefficient (Wildman–Crippen LogP) is 3.94. The molecule has 29 heavy (non-hydrogen) atoms. The van der Waals surface area contributed by atoms with Crippen molar-refractivity contribution in [2.24, 2.45) is 17.3 Å². The maximum absolute atomic E-state index is 12.3. The molecule has 0 spiro atoms. The predicted molar refractivity (Wildman–Crippen MR) is 111 cm³/mol. The van der Waals surface area contributed by atoms with Crippen molar-refractivity contribution in [2.45, 2.75) is 70.9 Å². The van der Waals surface area contributed by atoms with Crippen LogP contribution < -0.4 is 4.74 Å². The molecule has 0 aliphatic heterocycles. The van der Waals surface area contributed by atoms with E-state index in [2.05, 4.69) is 25.1 Å². The first-order valence-corrected chi connectivity index (χ1v) is 10.8. The van der Waals surface area contributed by atoms with Crippen molar-refractivity contribution in [3.8, 4) is 5.75 Å². The van der Waals surface area contributed by atoms with E-state index in [1.807, 2.05) is 11.9 Å². The summed E-state index contributed by atoms with van der Waals surface area (Å²) < 4.78 is 11.2. The lowest BCUT2D eigenvalue weighted by molar-refractivity contribution is -0.153. The molecule has 0 saturated heterocycles. The van der Waals surface area contributed by atoms with Gasteiger partial charge < -0.3 is 14.4 Å². The Balaban J connectivity index is 1.68. The second kappa shape index (κ2) is 7.33. The topological polar surface area (TPSA) is 55.8 Å². The van der Waals surface area contributed by atoms with Crippen molar-refractivity contribution in [2.75, 3.05) is 14.2 Å². The molecule has 5 nitrogen and oxygen atoms in total. The Morgan fingerprint density at radius 3 is 2.62 bits per heavy atom. The zero-order valence-corrected chi connectivity index (χ0v) is 18.2. The first-order chi connectivity index (χ1) is 13.8. The van der Waals surface area contributed by atoms with E-state index in [-0.39, 0.29) is 29.4 Å². The summed E-state index contributed by atoms with van der Waals surface area (Å²) in [6.07, 6.45) is 5.01. The first kappa shape index (κ1) is 20.2. The van der Waals surface area contributed by atoms with Gasteiger partial charge in [0.1, 0.15) is 11.9 Å². The number of rotatable bonds is 3. The fourth-order valence-corrected chi connectivity index (χ4v) is 6.86. The Hall–Kier alpha value is -2.04. The summed E-state index contributed by atoms with van der Waals surface area (Å²) in [7, 11) is 3.59. The van der Waals surface area contributed by atoms with Crippen molar-refractivity contribution in [3.05, 3.63) is 29.3 Å². The van der Waals surface area contributed by atoms with Crippen LogP contribution in [0.4, 0.5) is 0 Å². The van der Waals surface area contributed by atoms with Crippen LogP contribution in [0.15, 0.2) is 18.2 Å². The van der Waals surface area contributed by atoms with Gasteiger partial charge in [0.15, 0.2) is 0 Å². The minimum absolute atomic E-state index is 0.0221. The van der Waals surface area contributed by atoms with E-state index in [1.165, 1.54) is 18.1 Å². The van der Waals surface area contributed by atoms with Crippen LogP contribution in [0, 0.1) is 17.3 Å². The molecule has 4 rings (SSSR count). The molecule has 158 valence electrons. The Bertz CT molecular complexity index is 821. The van der Waals surface area contributed by atoms with E-state index in [9.17, 15) is 9.59 Å². The number of nitrogens with zero attached hydrogens (tertiary/aromatic N) is 1. The number of benzene rings is 1. The second-order valence-electron chi connectivity index (χ2n) is 9.48. The quantitative estimate of drug-likeness (QED) is 0.723. The number of esters is 1. The molecule has 0 aromatic heterocycles. The number of hydrogen-bond acceptors (Lipinski definition) is 4. The molecular weight excluding hydrogens is 366 g/mol. The van der Waals surface area contributed by atoms with E-state index in [0.29, 0.717) is 17.8 Å². The highest BCUT2D eigenvalue weighted by atomic mass is 16.5. The van der Waals surface area contributed by atoms with Crippen LogP contribution in [-0.4, -0.2) is 43.1 Å². The second-order valence-corrected chi connectivity index (χ2v) is 9.48. The number of carbonyl (C=O) groups excluding carboxylic acids is 2. The lowest BCUT2D eigenvalue weighted by atomic mass is 9.55. The van der Waals surface area contributed by atoms with Crippen LogP contribution >= 0.6 is 0 Å².